The van der Waals surface area contributed by atoms with Crippen LogP contribution in [0.3, 0.4) is 0 Å². The van der Waals surface area contributed by atoms with Crippen molar-refractivity contribution in [2.24, 2.45) is 0 Å². The summed E-state index contributed by atoms with van der Waals surface area (Å²) in [6.07, 6.45) is 5.73. The molecule has 0 bridgehead atoms. The summed E-state index contributed by atoms with van der Waals surface area (Å²) in [4.78, 5) is 10.8. The van der Waals surface area contributed by atoms with Crippen LogP contribution in [0.4, 0.5) is 0 Å². The average Bonchev–Trinajstić information content (AvgIpc) is 2.57. The molecule has 1 heterocycles. The van der Waals surface area contributed by atoms with E-state index in [1.165, 1.54) is 63.1 Å². The number of hydrogen-bond acceptors (Lipinski definition) is 5. The van der Waals surface area contributed by atoms with Crippen molar-refractivity contribution in [3.8, 4) is 0 Å². The van der Waals surface area contributed by atoms with Crippen LogP contribution in [0.5, 0.6) is 0 Å². The number of benzene rings is 1. The van der Waals surface area contributed by atoms with Crippen LogP contribution in [0.2, 0.25) is 0 Å². The SMILES string of the molecule is C=Cc1ccc(CN2CCCNCCC[NH2+]CCC2)cc1.O=[N+]([O-])[O-]. The van der Waals surface area contributed by atoms with Gasteiger partial charge < -0.3 is 26.0 Å². The van der Waals surface area contributed by atoms with E-state index in [0.717, 1.165) is 13.1 Å². The van der Waals surface area contributed by atoms with Crippen LogP contribution in [0.25, 0.3) is 6.08 Å². The molecule has 0 saturated carbocycles. The number of nitrogens with two attached hydrogens (primary N) is 1. The molecule has 0 atom stereocenters. The summed E-state index contributed by atoms with van der Waals surface area (Å²) < 4.78 is 0. The van der Waals surface area contributed by atoms with Gasteiger partial charge in [-0.3, -0.25) is 4.90 Å². The van der Waals surface area contributed by atoms with Gasteiger partial charge in [-0.25, -0.2) is 0 Å². The van der Waals surface area contributed by atoms with Crippen molar-refractivity contribution < 1.29 is 10.4 Å². The van der Waals surface area contributed by atoms with E-state index < -0.39 is 5.09 Å². The van der Waals surface area contributed by atoms with Crippen LogP contribution in [0.1, 0.15) is 30.4 Å². The molecule has 1 aliphatic rings. The van der Waals surface area contributed by atoms with Gasteiger partial charge in [-0.15, -0.1) is 0 Å². The van der Waals surface area contributed by atoms with Crippen molar-refractivity contribution in [1.29, 1.82) is 0 Å². The molecule has 1 aliphatic heterocycles. The highest BCUT2D eigenvalue weighted by Crippen LogP contribution is 2.09. The number of nitrogens with zero attached hydrogens (tertiary/aromatic N) is 2. The second-order valence-electron chi connectivity index (χ2n) is 6.12. The van der Waals surface area contributed by atoms with E-state index in [-0.39, 0.29) is 0 Å². The molecule has 1 fully saturated rings. The van der Waals surface area contributed by atoms with Gasteiger partial charge in [-0.1, -0.05) is 36.9 Å². The first-order valence-corrected chi connectivity index (χ1v) is 8.89. The van der Waals surface area contributed by atoms with Crippen molar-refractivity contribution in [2.75, 3.05) is 39.3 Å². The normalized spacial score (nSPS) is 17.3. The van der Waals surface area contributed by atoms with Gasteiger partial charge in [0.05, 0.1) is 18.2 Å². The second-order valence-corrected chi connectivity index (χ2v) is 6.12. The zero-order valence-corrected chi connectivity index (χ0v) is 14.9. The quantitative estimate of drug-likeness (QED) is 0.631. The summed E-state index contributed by atoms with van der Waals surface area (Å²) in [5, 5.41) is 20.8. The molecule has 140 valence electrons. The Balaban J connectivity index is 0.000000705. The molecule has 0 spiro atoms. The number of nitrogens with one attached hydrogen (secondary N) is 1. The standard InChI is InChI=1S/C18H29N3.NO3/c1-2-17-6-8-18(9-7-17)16-21-14-4-12-19-10-3-11-20-13-5-15-21;2-1(3)4/h2,6-9,19-20H,1,3-5,10-16H2;/q;-1/p+1. The highest BCUT2D eigenvalue weighted by atomic mass is 16.9. The maximum Gasteiger partial charge on any atom is 0.0767 e. The molecule has 25 heavy (non-hydrogen) atoms. The number of hydrogen-bond donors (Lipinski definition) is 2. The second kappa shape index (κ2) is 13.3. The van der Waals surface area contributed by atoms with Gasteiger partial charge in [0.15, 0.2) is 0 Å². The Bertz CT molecular complexity index is 478. The molecule has 3 N–H and O–H groups in total. The van der Waals surface area contributed by atoms with Crippen molar-refractivity contribution in [3.05, 3.63) is 57.3 Å². The first-order valence-electron chi connectivity index (χ1n) is 8.89. The largest absolute Gasteiger partial charge is 0.356 e. The fourth-order valence-electron chi connectivity index (χ4n) is 2.81. The van der Waals surface area contributed by atoms with Crippen molar-refractivity contribution in [2.45, 2.75) is 25.8 Å². The van der Waals surface area contributed by atoms with E-state index in [4.69, 9.17) is 15.3 Å². The predicted octanol–water partition coefficient (Wildman–Crippen LogP) is 1.23. The lowest BCUT2D eigenvalue weighted by atomic mass is 10.1. The van der Waals surface area contributed by atoms with E-state index in [2.05, 4.69) is 46.4 Å². The van der Waals surface area contributed by atoms with E-state index in [9.17, 15) is 0 Å². The molecule has 0 radical (unpaired) electrons. The Morgan fingerprint density at radius 3 is 2.40 bits per heavy atom. The summed E-state index contributed by atoms with van der Waals surface area (Å²) in [7, 11) is 0. The molecule has 1 saturated heterocycles. The summed E-state index contributed by atoms with van der Waals surface area (Å²) in [5.41, 5.74) is 2.61. The Morgan fingerprint density at radius 2 is 1.72 bits per heavy atom. The monoisotopic (exact) mass is 350 g/mol. The van der Waals surface area contributed by atoms with Crippen LogP contribution in [-0.2, 0) is 6.54 Å². The first-order chi connectivity index (χ1) is 12.1. The molecule has 0 aliphatic carbocycles. The molecule has 2 rings (SSSR count). The molecule has 0 unspecified atom stereocenters. The van der Waals surface area contributed by atoms with Gasteiger partial charge in [-0.2, -0.15) is 0 Å². The third kappa shape index (κ3) is 11.3. The summed E-state index contributed by atoms with van der Waals surface area (Å²) >= 11 is 0. The van der Waals surface area contributed by atoms with Crippen molar-refractivity contribution in [1.82, 2.24) is 10.2 Å². The fourth-order valence-corrected chi connectivity index (χ4v) is 2.81. The van der Waals surface area contributed by atoms with E-state index in [1.54, 1.807) is 0 Å². The Morgan fingerprint density at radius 1 is 1.12 bits per heavy atom. The minimum absolute atomic E-state index is 1.07. The molecule has 1 aromatic rings. The summed E-state index contributed by atoms with van der Waals surface area (Å²) in [6, 6.07) is 8.79. The summed E-state index contributed by atoms with van der Waals surface area (Å²) in [5.74, 6) is 0. The Hall–Kier alpha value is -1.96. The van der Waals surface area contributed by atoms with Gasteiger partial charge in [0, 0.05) is 32.5 Å². The van der Waals surface area contributed by atoms with Gasteiger partial charge in [0.2, 0.25) is 0 Å². The third-order valence-electron chi connectivity index (χ3n) is 4.09. The highest BCUT2D eigenvalue weighted by Gasteiger charge is 2.07. The summed E-state index contributed by atoms with van der Waals surface area (Å²) in [6.45, 7) is 12.1. The lowest BCUT2D eigenvalue weighted by Gasteiger charge is -2.23. The number of quaternary nitrogens is 1. The van der Waals surface area contributed by atoms with Crippen LogP contribution < -0.4 is 10.6 Å². The molecule has 7 nitrogen and oxygen atoms in total. The van der Waals surface area contributed by atoms with E-state index >= 15 is 0 Å². The maximum absolute atomic E-state index is 8.25. The highest BCUT2D eigenvalue weighted by molar-refractivity contribution is 5.47. The van der Waals surface area contributed by atoms with Crippen LogP contribution in [-0.4, -0.2) is 49.3 Å². The molecular weight excluding hydrogens is 320 g/mol. The van der Waals surface area contributed by atoms with Crippen LogP contribution in [0.15, 0.2) is 30.8 Å². The van der Waals surface area contributed by atoms with E-state index in [1.807, 2.05) is 6.08 Å². The topological polar surface area (TPSA) is 98.1 Å². The smallest absolute Gasteiger partial charge is 0.0767 e. The molecule has 1 aromatic carbocycles. The molecule has 7 heteroatoms. The Labute approximate surface area is 149 Å². The van der Waals surface area contributed by atoms with Gasteiger partial charge in [0.1, 0.15) is 0 Å². The van der Waals surface area contributed by atoms with Gasteiger partial charge in [-0.05, 0) is 30.6 Å². The minimum Gasteiger partial charge on any atom is -0.356 e. The minimum atomic E-state index is -1.75. The van der Waals surface area contributed by atoms with Crippen molar-refractivity contribution >= 4 is 6.08 Å². The Kier molecular flexibility index (Phi) is 11.3. The first kappa shape index (κ1) is 21.1. The number of rotatable bonds is 3. The zero-order chi connectivity index (χ0) is 18.3. The molecule has 0 amide bonds. The zero-order valence-electron chi connectivity index (χ0n) is 14.9. The van der Waals surface area contributed by atoms with Crippen molar-refractivity contribution in [3.63, 3.8) is 0 Å². The average molecular weight is 350 g/mol. The lowest BCUT2D eigenvalue weighted by Crippen LogP contribution is -2.84. The van der Waals surface area contributed by atoms with Gasteiger partial charge in [0.25, 0.3) is 0 Å². The molecular formula is C18H30N4O3. The van der Waals surface area contributed by atoms with Crippen LogP contribution in [0, 0.1) is 15.3 Å². The maximum atomic E-state index is 8.25. The van der Waals surface area contributed by atoms with E-state index in [0.29, 0.717) is 0 Å². The predicted molar refractivity (Wildman–Crippen MR) is 101 cm³/mol. The van der Waals surface area contributed by atoms with Crippen LogP contribution >= 0.6 is 0 Å². The lowest BCUT2D eigenvalue weighted by molar-refractivity contribution is -0.655. The fraction of sp³-hybridized carbons (Fsp3) is 0.556. The molecule has 0 aromatic heterocycles. The van der Waals surface area contributed by atoms with Gasteiger partial charge >= 0.3 is 0 Å². The third-order valence-corrected chi connectivity index (χ3v) is 4.09.